The topological polar surface area (TPSA) is 272 Å². The number of aliphatic hydroxyl groups is 1. The van der Waals surface area contributed by atoms with Gasteiger partial charge in [0.25, 0.3) is 0 Å². The first-order valence-electron chi connectivity index (χ1n) is 10.9. The normalized spacial score (nSPS) is 25.9. The first-order chi connectivity index (χ1) is 17.6. The van der Waals surface area contributed by atoms with Crippen LogP contribution >= 0.6 is 0 Å². The second-order valence-electron chi connectivity index (χ2n) is 7.96. The molecule has 1 saturated carbocycles. The molecule has 18 heteroatoms. The average molecular weight is 525 g/mol. The van der Waals surface area contributed by atoms with Crippen LogP contribution in [0, 0.1) is 5.92 Å². The summed E-state index contributed by atoms with van der Waals surface area (Å²) in [6.07, 6.45) is -7.16. The Morgan fingerprint density at radius 3 is 2.16 bits per heavy atom. The van der Waals surface area contributed by atoms with E-state index in [0.29, 0.717) is 12.6 Å². The van der Waals surface area contributed by atoms with E-state index >= 15 is 0 Å². The molecule has 0 amide bonds. The minimum Gasteiger partial charge on any atom is -0.463 e. The molecule has 0 bridgehead atoms. The number of rotatable bonds is 15. The van der Waals surface area contributed by atoms with Gasteiger partial charge in [0.2, 0.25) is 0 Å². The van der Waals surface area contributed by atoms with Crippen LogP contribution < -0.4 is 0 Å². The van der Waals surface area contributed by atoms with E-state index in [2.05, 4.69) is 30.1 Å². The largest absolute Gasteiger partial charge is 0.463 e. The third kappa shape index (κ3) is 9.57. The maximum absolute atomic E-state index is 11.6. The zero-order chi connectivity index (χ0) is 28.0. The lowest BCUT2D eigenvalue weighted by atomic mass is 9.84. The summed E-state index contributed by atoms with van der Waals surface area (Å²) in [5.74, 6) is -2.37. The quantitative estimate of drug-likeness (QED) is 0.0813. The van der Waals surface area contributed by atoms with Gasteiger partial charge in [-0.2, -0.15) is 0 Å². The van der Waals surface area contributed by atoms with Crippen LogP contribution in [0.3, 0.4) is 0 Å². The lowest BCUT2D eigenvalue weighted by Crippen LogP contribution is -2.58. The second-order valence-corrected chi connectivity index (χ2v) is 7.96. The number of esters is 2. The Morgan fingerprint density at radius 1 is 1.05 bits per heavy atom. The van der Waals surface area contributed by atoms with Crippen LogP contribution in [0.15, 0.2) is 15.3 Å². The van der Waals surface area contributed by atoms with Gasteiger partial charge in [-0.1, -0.05) is 22.3 Å². The molecule has 0 aromatic heterocycles. The number of ether oxygens (including phenoxy) is 4. The average Bonchev–Trinajstić information content (AvgIpc) is 2.84. The van der Waals surface area contributed by atoms with Gasteiger partial charge in [-0.05, 0) is 23.0 Å². The van der Waals surface area contributed by atoms with Crippen molar-refractivity contribution in [2.24, 2.45) is 21.3 Å². The molecule has 0 aromatic rings. The summed E-state index contributed by atoms with van der Waals surface area (Å²) in [7, 11) is 0. The van der Waals surface area contributed by atoms with Gasteiger partial charge < -0.3 is 33.6 Å². The van der Waals surface area contributed by atoms with Crippen LogP contribution in [0.4, 0.5) is 0 Å². The minimum atomic E-state index is -1.74. The maximum Gasteiger partial charge on any atom is 0.303 e. The monoisotopic (exact) mass is 525 g/mol. The molecule has 1 rings (SSSR count). The van der Waals surface area contributed by atoms with Crippen LogP contribution in [0.5, 0.6) is 0 Å². The Hall–Kier alpha value is -3.91. The molecule has 37 heavy (non-hydrogen) atoms. The summed E-state index contributed by atoms with van der Waals surface area (Å²) < 4.78 is 21.7. The van der Waals surface area contributed by atoms with E-state index in [9.17, 15) is 24.3 Å². The van der Waals surface area contributed by atoms with E-state index in [1.165, 1.54) is 6.92 Å². The molecule has 0 radical (unpaired) electrons. The van der Waals surface area contributed by atoms with Crippen LogP contribution in [0.1, 0.15) is 33.6 Å². The van der Waals surface area contributed by atoms with Gasteiger partial charge in [0.05, 0.1) is 24.2 Å². The van der Waals surface area contributed by atoms with Crippen molar-refractivity contribution in [2.75, 3.05) is 6.61 Å². The summed E-state index contributed by atoms with van der Waals surface area (Å²) in [4.78, 5) is 53.6. The van der Waals surface area contributed by atoms with Gasteiger partial charge in [-0.15, -0.1) is 0 Å². The predicted molar refractivity (Wildman–Crippen MR) is 121 cm³/mol. The maximum atomic E-state index is 11.6. The Morgan fingerprint density at radius 2 is 1.68 bits per heavy atom. The van der Waals surface area contributed by atoms with Crippen LogP contribution in [-0.4, -0.2) is 85.1 Å². The van der Waals surface area contributed by atoms with Crippen molar-refractivity contribution in [3.05, 3.63) is 31.3 Å². The Labute approximate surface area is 210 Å². The molecular weight excluding hydrogens is 498 g/mol. The van der Waals surface area contributed by atoms with Crippen molar-refractivity contribution in [1.29, 1.82) is 0 Å². The summed E-state index contributed by atoms with van der Waals surface area (Å²) in [5, 5.41) is 21.6. The molecule has 1 fully saturated rings. The molecule has 18 nitrogen and oxygen atoms in total. The van der Waals surface area contributed by atoms with E-state index in [0.717, 1.165) is 13.8 Å². The highest BCUT2D eigenvalue weighted by Gasteiger charge is 2.48. The molecule has 1 N–H and O–H groups in total. The van der Waals surface area contributed by atoms with Crippen molar-refractivity contribution in [3.8, 4) is 0 Å². The summed E-state index contributed by atoms with van der Waals surface area (Å²) in [5.41, 5.74) is 26.9. The molecule has 3 unspecified atom stereocenters. The molecule has 0 saturated heterocycles. The summed E-state index contributed by atoms with van der Waals surface area (Å²) in [6, 6.07) is -3.68. The molecule has 0 aliphatic heterocycles. The fourth-order valence-corrected chi connectivity index (χ4v) is 3.55. The van der Waals surface area contributed by atoms with Crippen molar-refractivity contribution < 1.29 is 43.2 Å². The lowest BCUT2D eigenvalue weighted by molar-refractivity contribution is -0.250. The van der Waals surface area contributed by atoms with Gasteiger partial charge in [-0.3, -0.25) is 9.59 Å². The fourth-order valence-electron chi connectivity index (χ4n) is 3.55. The molecular formula is C19H27N9O9. The minimum absolute atomic E-state index is 0.220. The zero-order valence-corrected chi connectivity index (χ0v) is 20.2. The number of carbonyl (C=O) groups is 4. The Kier molecular flexibility index (Phi) is 13.4. The molecule has 0 heterocycles. The first-order valence-corrected chi connectivity index (χ1v) is 10.9. The Balaban J connectivity index is 3.49. The molecule has 9 atom stereocenters. The van der Waals surface area contributed by atoms with Crippen molar-refractivity contribution in [2.45, 2.75) is 82.4 Å². The number of carbonyl (C=O) groups excluding carboxylic acids is 4. The standard InChI is InChI=1S/C19H27N9O9/c1-9(7-30)15(8-34-10(2)31)36-19(12(4-5-29)23-26-20)37-18-14(25-28-22)6-13(24-27-21)17(16(18)33)35-11(3)32/h5,7,9,12-19,33H,4,6,8H2,1-3H3/t9-,12-,13-,14?,15?,16?,17-,18-,19-/m1/s1. The van der Waals surface area contributed by atoms with Gasteiger partial charge in [-0.25, -0.2) is 0 Å². The highest BCUT2D eigenvalue weighted by molar-refractivity contribution is 5.66. The fraction of sp³-hybridized carbons (Fsp3) is 0.789. The summed E-state index contributed by atoms with van der Waals surface area (Å²) >= 11 is 0. The number of aliphatic hydroxyl groups excluding tert-OH is 1. The third-order valence-corrected chi connectivity index (χ3v) is 5.32. The van der Waals surface area contributed by atoms with E-state index in [-0.39, 0.29) is 6.42 Å². The van der Waals surface area contributed by atoms with Gasteiger partial charge in [0.15, 0.2) is 6.29 Å². The predicted octanol–water partition coefficient (Wildman–Crippen LogP) is 1.80. The van der Waals surface area contributed by atoms with Gasteiger partial charge >= 0.3 is 11.9 Å². The van der Waals surface area contributed by atoms with E-state index in [1.807, 2.05) is 0 Å². The van der Waals surface area contributed by atoms with E-state index in [4.69, 9.17) is 35.5 Å². The molecule has 1 aliphatic carbocycles. The number of hydrogen-bond acceptors (Lipinski definition) is 12. The van der Waals surface area contributed by atoms with Gasteiger partial charge in [0.1, 0.15) is 37.5 Å². The van der Waals surface area contributed by atoms with Crippen LogP contribution in [0.25, 0.3) is 31.3 Å². The van der Waals surface area contributed by atoms with Gasteiger partial charge in [0, 0.05) is 40.9 Å². The molecule has 202 valence electrons. The molecule has 0 spiro atoms. The van der Waals surface area contributed by atoms with Crippen LogP contribution in [-0.2, 0) is 38.1 Å². The molecule has 0 aromatic carbocycles. The summed E-state index contributed by atoms with van der Waals surface area (Å²) in [6.45, 7) is 3.22. The first kappa shape index (κ1) is 31.1. The number of aldehydes is 2. The van der Waals surface area contributed by atoms with E-state index < -0.39 is 79.7 Å². The second kappa shape index (κ2) is 16.0. The lowest BCUT2D eigenvalue weighted by Gasteiger charge is -2.43. The smallest absolute Gasteiger partial charge is 0.303 e. The number of hydrogen-bond donors (Lipinski definition) is 1. The molecule has 1 aliphatic rings. The highest BCUT2D eigenvalue weighted by atomic mass is 16.7. The van der Waals surface area contributed by atoms with Crippen LogP contribution in [0.2, 0.25) is 0 Å². The number of azide groups is 3. The zero-order valence-electron chi connectivity index (χ0n) is 20.2. The Bertz CT molecular complexity index is 963. The third-order valence-electron chi connectivity index (χ3n) is 5.32. The van der Waals surface area contributed by atoms with Crippen molar-refractivity contribution in [1.82, 2.24) is 0 Å². The van der Waals surface area contributed by atoms with Crippen molar-refractivity contribution >= 4 is 24.5 Å². The van der Waals surface area contributed by atoms with E-state index in [1.54, 1.807) is 0 Å². The SMILES string of the molecule is CC(=O)OCC(O[C@H](O[C@@H]1C(N=[N+]=[N-])C[C@@H](N=[N+]=[N-])[C@@H](OC(C)=O)C1O)[C@@H](CC=O)N=[N+]=[N-])[C@H](C)C=O. The van der Waals surface area contributed by atoms with Crippen molar-refractivity contribution in [3.63, 3.8) is 0 Å². The number of nitrogens with zero attached hydrogens (tertiary/aromatic N) is 9. The highest BCUT2D eigenvalue weighted by Crippen LogP contribution is 2.32.